The minimum absolute atomic E-state index is 0.0966. The van der Waals surface area contributed by atoms with E-state index in [1.165, 1.54) is 0 Å². The van der Waals surface area contributed by atoms with Gasteiger partial charge in [0.2, 0.25) is 0 Å². The van der Waals surface area contributed by atoms with Gasteiger partial charge < -0.3 is 5.73 Å². The molecule has 0 spiro atoms. The van der Waals surface area contributed by atoms with E-state index in [2.05, 4.69) is 0 Å². The largest absolute Gasteiger partial charge is 0.399 e. The minimum Gasteiger partial charge on any atom is -0.399 e. The van der Waals surface area contributed by atoms with Crippen LogP contribution in [0.4, 0.5) is 14.5 Å². The van der Waals surface area contributed by atoms with Crippen molar-refractivity contribution in [2.75, 3.05) is 5.73 Å². The topological polar surface area (TPSA) is 26.0 Å². The lowest BCUT2D eigenvalue weighted by atomic mass is 10.0. The highest BCUT2D eigenvalue weighted by atomic mass is 19.3. The second-order valence-corrected chi connectivity index (χ2v) is 4.04. The Morgan fingerprint density at radius 1 is 1.19 bits per heavy atom. The molecular formula is C13H13F2N. The normalized spacial score (nSPS) is 15.9. The maximum atomic E-state index is 13.0. The number of hydrogen-bond acceptors (Lipinski definition) is 1. The highest BCUT2D eigenvalue weighted by molar-refractivity contribution is 5.74. The molecule has 1 aliphatic carbocycles. The van der Waals surface area contributed by atoms with E-state index in [-0.39, 0.29) is 5.57 Å². The van der Waals surface area contributed by atoms with Crippen LogP contribution in [0.5, 0.6) is 0 Å². The standard InChI is InChI=1S/C13H13F2N/c1-13(14,15)11-5-2-10(8-11)9-3-6-12(16)7-4-9/h3-8H,2,16H2,1H3. The number of hydrogen-bond donors (Lipinski definition) is 1. The molecule has 16 heavy (non-hydrogen) atoms. The molecule has 0 fully saturated rings. The monoisotopic (exact) mass is 221 g/mol. The number of nitrogen functional groups attached to an aromatic ring is 1. The van der Waals surface area contributed by atoms with E-state index in [1.807, 2.05) is 12.1 Å². The van der Waals surface area contributed by atoms with Crippen molar-refractivity contribution >= 4 is 11.3 Å². The molecule has 0 saturated heterocycles. The van der Waals surface area contributed by atoms with Crippen molar-refractivity contribution in [1.29, 1.82) is 0 Å². The maximum absolute atomic E-state index is 13.0. The third-order valence-electron chi connectivity index (χ3n) is 2.66. The number of anilines is 1. The molecule has 0 amide bonds. The Morgan fingerprint density at radius 3 is 2.31 bits per heavy atom. The van der Waals surface area contributed by atoms with Gasteiger partial charge in [0.05, 0.1) is 0 Å². The molecule has 0 atom stereocenters. The fraction of sp³-hybridized carbons (Fsp3) is 0.231. The van der Waals surface area contributed by atoms with Crippen molar-refractivity contribution in [1.82, 2.24) is 0 Å². The zero-order chi connectivity index (χ0) is 11.8. The Labute approximate surface area is 93.3 Å². The van der Waals surface area contributed by atoms with Crippen molar-refractivity contribution in [2.45, 2.75) is 19.3 Å². The van der Waals surface area contributed by atoms with Gasteiger partial charge in [0.25, 0.3) is 5.92 Å². The van der Waals surface area contributed by atoms with Gasteiger partial charge in [-0.05, 0) is 35.8 Å². The Balaban J connectivity index is 2.24. The quantitative estimate of drug-likeness (QED) is 0.758. The van der Waals surface area contributed by atoms with Crippen LogP contribution in [0.25, 0.3) is 5.57 Å². The van der Waals surface area contributed by atoms with Gasteiger partial charge in [0.1, 0.15) is 0 Å². The molecule has 0 aromatic heterocycles. The Bertz CT molecular complexity index is 450. The van der Waals surface area contributed by atoms with Crippen LogP contribution in [0.3, 0.4) is 0 Å². The van der Waals surface area contributed by atoms with Gasteiger partial charge in [-0.1, -0.05) is 18.2 Å². The van der Waals surface area contributed by atoms with Gasteiger partial charge in [-0.3, -0.25) is 0 Å². The van der Waals surface area contributed by atoms with Crippen LogP contribution in [0.2, 0.25) is 0 Å². The summed E-state index contributed by atoms with van der Waals surface area (Å²) in [7, 11) is 0. The van der Waals surface area contributed by atoms with Crippen molar-refractivity contribution in [3.8, 4) is 0 Å². The average Bonchev–Trinajstić information content (AvgIpc) is 2.67. The SMILES string of the molecule is CC(F)(F)C1=CCC(c2ccc(N)cc2)=C1. The van der Waals surface area contributed by atoms with Crippen LogP contribution in [0.15, 0.2) is 42.0 Å². The number of rotatable bonds is 2. The molecular weight excluding hydrogens is 208 g/mol. The highest BCUT2D eigenvalue weighted by Crippen LogP contribution is 2.34. The van der Waals surface area contributed by atoms with Crippen molar-refractivity contribution in [3.63, 3.8) is 0 Å². The van der Waals surface area contributed by atoms with E-state index in [4.69, 9.17) is 5.73 Å². The van der Waals surface area contributed by atoms with Gasteiger partial charge in [-0.2, -0.15) is 0 Å². The molecule has 2 rings (SSSR count). The number of nitrogens with two attached hydrogens (primary N) is 1. The van der Waals surface area contributed by atoms with E-state index >= 15 is 0 Å². The van der Waals surface area contributed by atoms with Crippen LogP contribution >= 0.6 is 0 Å². The molecule has 1 nitrogen and oxygen atoms in total. The highest BCUT2D eigenvalue weighted by Gasteiger charge is 2.28. The maximum Gasteiger partial charge on any atom is 0.270 e. The lowest BCUT2D eigenvalue weighted by Gasteiger charge is -2.08. The lowest BCUT2D eigenvalue weighted by molar-refractivity contribution is 0.0677. The van der Waals surface area contributed by atoms with Gasteiger partial charge in [-0.25, -0.2) is 8.78 Å². The van der Waals surface area contributed by atoms with Gasteiger partial charge in [-0.15, -0.1) is 0 Å². The van der Waals surface area contributed by atoms with E-state index in [0.29, 0.717) is 12.1 Å². The molecule has 0 bridgehead atoms. The number of benzene rings is 1. The zero-order valence-corrected chi connectivity index (χ0v) is 9.00. The van der Waals surface area contributed by atoms with Crippen LogP contribution < -0.4 is 5.73 Å². The molecule has 0 saturated carbocycles. The summed E-state index contributed by atoms with van der Waals surface area (Å²) in [6.07, 6.45) is 3.69. The third-order valence-corrected chi connectivity index (χ3v) is 2.66. The molecule has 1 aromatic rings. The van der Waals surface area contributed by atoms with Crippen LogP contribution in [-0.4, -0.2) is 5.92 Å². The third kappa shape index (κ3) is 2.13. The van der Waals surface area contributed by atoms with Crippen LogP contribution in [-0.2, 0) is 0 Å². The predicted octanol–water partition coefficient (Wildman–Crippen LogP) is 3.64. The van der Waals surface area contributed by atoms with Crippen molar-refractivity contribution < 1.29 is 8.78 Å². The summed E-state index contributed by atoms with van der Waals surface area (Å²) in [5.74, 6) is -2.75. The van der Waals surface area contributed by atoms with Crippen LogP contribution in [0.1, 0.15) is 18.9 Å². The van der Waals surface area contributed by atoms with E-state index in [9.17, 15) is 8.78 Å². The Morgan fingerprint density at radius 2 is 1.81 bits per heavy atom. The van der Waals surface area contributed by atoms with Crippen molar-refractivity contribution in [3.05, 3.63) is 47.6 Å². The molecule has 2 N–H and O–H groups in total. The summed E-state index contributed by atoms with van der Waals surface area (Å²) in [6, 6.07) is 7.26. The Kier molecular flexibility index (Phi) is 2.54. The van der Waals surface area contributed by atoms with Gasteiger partial charge >= 0.3 is 0 Å². The van der Waals surface area contributed by atoms with E-state index in [0.717, 1.165) is 18.1 Å². The minimum atomic E-state index is -2.75. The van der Waals surface area contributed by atoms with Gasteiger partial charge in [0, 0.05) is 18.2 Å². The first-order chi connectivity index (χ1) is 7.47. The number of alkyl halides is 2. The second kappa shape index (κ2) is 3.74. The first kappa shape index (κ1) is 10.9. The van der Waals surface area contributed by atoms with Crippen molar-refractivity contribution in [2.24, 2.45) is 0 Å². The smallest absolute Gasteiger partial charge is 0.270 e. The summed E-state index contributed by atoms with van der Waals surface area (Å²) in [5.41, 5.74) is 8.21. The molecule has 0 aliphatic heterocycles. The zero-order valence-electron chi connectivity index (χ0n) is 9.00. The lowest BCUT2D eigenvalue weighted by Crippen LogP contribution is -2.10. The molecule has 1 aliphatic rings. The van der Waals surface area contributed by atoms with E-state index in [1.54, 1.807) is 24.3 Å². The number of allylic oxidation sites excluding steroid dienone is 4. The molecule has 0 unspecified atom stereocenters. The average molecular weight is 221 g/mol. The molecule has 3 heteroatoms. The summed E-state index contributed by atoms with van der Waals surface area (Å²) < 4.78 is 26.1. The second-order valence-electron chi connectivity index (χ2n) is 4.04. The Hall–Kier alpha value is -1.64. The fourth-order valence-corrected chi connectivity index (χ4v) is 1.73. The first-order valence-corrected chi connectivity index (χ1v) is 5.12. The summed E-state index contributed by atoms with van der Waals surface area (Å²) in [6.45, 7) is 0.918. The first-order valence-electron chi connectivity index (χ1n) is 5.12. The van der Waals surface area contributed by atoms with Crippen LogP contribution in [0, 0.1) is 0 Å². The molecule has 0 radical (unpaired) electrons. The summed E-state index contributed by atoms with van der Waals surface area (Å²) in [5, 5.41) is 0. The number of halogens is 2. The van der Waals surface area contributed by atoms with E-state index < -0.39 is 5.92 Å². The molecule has 1 aromatic carbocycles. The molecule has 0 heterocycles. The fourth-order valence-electron chi connectivity index (χ4n) is 1.73. The predicted molar refractivity (Wildman–Crippen MR) is 62.2 cm³/mol. The van der Waals surface area contributed by atoms with Gasteiger partial charge in [0.15, 0.2) is 0 Å². The molecule has 84 valence electrons. The summed E-state index contributed by atoms with van der Waals surface area (Å²) >= 11 is 0. The summed E-state index contributed by atoms with van der Waals surface area (Å²) in [4.78, 5) is 0.